The fourth-order valence-corrected chi connectivity index (χ4v) is 8.81. The van der Waals surface area contributed by atoms with Crippen molar-refractivity contribution in [2.24, 2.45) is 10.3 Å². The Kier molecular flexibility index (Phi) is 10.6. The maximum absolute atomic E-state index is 5.36. The highest BCUT2D eigenvalue weighted by Gasteiger charge is 2.43. The van der Waals surface area contributed by atoms with Gasteiger partial charge in [-0.05, 0) is 115 Å². The first kappa shape index (κ1) is 35.6. The molecular weight excluding hydrogens is 765 g/mol. The summed E-state index contributed by atoms with van der Waals surface area (Å²) in [7, 11) is 0. The summed E-state index contributed by atoms with van der Waals surface area (Å²) in [4.78, 5) is 2.19. The molecule has 6 heteroatoms. The molecule has 0 fully saturated rings. The van der Waals surface area contributed by atoms with Gasteiger partial charge in [-0.1, -0.05) is 169 Å². The SMILES string of the molecule is Cc1cc(C)c(B2C(c3ccccc3)=C(c3ccccc3)C(c3ccccc3)=C(c3ccccc3)N2N=Nc2c(Br)cc(C(C)C)cc2Br)c(C)c1. The third-order valence-corrected chi connectivity index (χ3v) is 10.9. The highest BCUT2D eigenvalue weighted by atomic mass is 79.9. The Morgan fingerprint density at radius 2 is 1.00 bits per heavy atom. The smallest absolute Gasteiger partial charge is 0.280 e. The van der Waals surface area contributed by atoms with E-state index < -0.39 is 0 Å². The summed E-state index contributed by atoms with van der Waals surface area (Å²) < 4.78 is 1.78. The van der Waals surface area contributed by atoms with Crippen LogP contribution in [0.25, 0.3) is 22.3 Å². The average molecular weight is 805 g/mol. The average Bonchev–Trinajstić information content (AvgIpc) is 3.15. The van der Waals surface area contributed by atoms with E-state index in [9.17, 15) is 0 Å². The molecule has 0 radical (unpaired) electrons. The number of benzene rings is 6. The normalized spacial score (nSPS) is 13.5. The molecule has 0 N–H and O–H groups in total. The van der Waals surface area contributed by atoms with Gasteiger partial charge in [0.05, 0.1) is 5.70 Å². The van der Waals surface area contributed by atoms with Gasteiger partial charge in [0.1, 0.15) is 5.69 Å². The van der Waals surface area contributed by atoms with Crippen molar-refractivity contribution in [3.05, 3.63) is 199 Å². The first-order valence-corrected chi connectivity index (χ1v) is 19.3. The minimum Gasteiger partial charge on any atom is -0.280 e. The number of allylic oxidation sites excluding steroid dienone is 2. The quantitative estimate of drug-likeness (QED) is 0.111. The van der Waals surface area contributed by atoms with Gasteiger partial charge in [-0.15, -0.1) is 5.11 Å². The van der Waals surface area contributed by atoms with Gasteiger partial charge < -0.3 is 0 Å². The number of nitrogens with zero attached hydrogens (tertiary/aromatic N) is 3. The zero-order chi connectivity index (χ0) is 36.4. The molecule has 0 aromatic heterocycles. The summed E-state index contributed by atoms with van der Waals surface area (Å²) in [5, 5.41) is 10.5. The van der Waals surface area contributed by atoms with Gasteiger partial charge in [0.15, 0.2) is 0 Å². The molecule has 0 amide bonds. The Morgan fingerprint density at radius 3 is 1.48 bits per heavy atom. The molecule has 0 spiro atoms. The fourth-order valence-electron chi connectivity index (χ4n) is 7.43. The molecule has 1 heterocycles. The van der Waals surface area contributed by atoms with Crippen LogP contribution in [0.1, 0.15) is 64.3 Å². The van der Waals surface area contributed by atoms with E-state index in [4.69, 9.17) is 10.3 Å². The Hall–Kier alpha value is -4.78. The number of rotatable bonds is 8. The van der Waals surface area contributed by atoms with Crippen LogP contribution in [0.2, 0.25) is 0 Å². The summed E-state index contributed by atoms with van der Waals surface area (Å²) >= 11 is 7.71. The lowest BCUT2D eigenvalue weighted by molar-refractivity contribution is 0.612. The number of halogens is 2. The van der Waals surface area contributed by atoms with Crippen LogP contribution in [0, 0.1) is 20.8 Å². The third kappa shape index (κ3) is 7.02. The molecule has 0 saturated heterocycles. The van der Waals surface area contributed by atoms with E-state index in [1.807, 2.05) is 0 Å². The zero-order valence-electron chi connectivity index (χ0n) is 30.1. The second-order valence-corrected chi connectivity index (χ2v) is 15.4. The van der Waals surface area contributed by atoms with Crippen molar-refractivity contribution in [2.45, 2.75) is 40.5 Å². The van der Waals surface area contributed by atoms with Gasteiger partial charge in [-0.2, -0.15) is 0 Å². The maximum atomic E-state index is 5.36. The molecule has 0 saturated carbocycles. The number of aryl methyl sites for hydroxylation is 3. The Morgan fingerprint density at radius 1 is 0.558 bits per heavy atom. The fraction of sp³-hybridized carbons (Fsp3) is 0.130. The molecule has 3 nitrogen and oxygen atoms in total. The topological polar surface area (TPSA) is 28.0 Å². The molecular formula is C46H40BBr2N3. The van der Waals surface area contributed by atoms with Crippen LogP contribution in [0.4, 0.5) is 5.69 Å². The molecule has 52 heavy (non-hydrogen) atoms. The lowest BCUT2D eigenvalue weighted by atomic mass is 9.42. The first-order valence-electron chi connectivity index (χ1n) is 17.7. The monoisotopic (exact) mass is 803 g/mol. The summed E-state index contributed by atoms with van der Waals surface area (Å²) in [5.74, 6) is 0.369. The van der Waals surface area contributed by atoms with Gasteiger partial charge in [0.2, 0.25) is 0 Å². The van der Waals surface area contributed by atoms with Crippen molar-refractivity contribution in [1.29, 1.82) is 0 Å². The third-order valence-electron chi connectivity index (χ3n) is 9.72. The molecule has 0 unspecified atom stereocenters. The molecule has 0 aliphatic carbocycles. The van der Waals surface area contributed by atoms with Gasteiger partial charge >= 0.3 is 6.85 Å². The largest absolute Gasteiger partial charge is 0.353 e. The molecule has 7 rings (SSSR count). The van der Waals surface area contributed by atoms with Crippen LogP contribution in [0.5, 0.6) is 0 Å². The van der Waals surface area contributed by atoms with E-state index in [1.165, 1.54) is 38.8 Å². The molecule has 6 aromatic rings. The predicted octanol–water partition coefficient (Wildman–Crippen LogP) is 13.2. The summed E-state index contributed by atoms with van der Waals surface area (Å²) in [6, 6.07) is 51.9. The second-order valence-electron chi connectivity index (χ2n) is 13.7. The molecule has 0 bridgehead atoms. The Bertz CT molecular complexity index is 2270. The summed E-state index contributed by atoms with van der Waals surface area (Å²) in [6.45, 7) is 10.7. The van der Waals surface area contributed by atoms with E-state index in [0.29, 0.717) is 5.92 Å². The Labute approximate surface area is 325 Å². The number of hydrogen-bond donors (Lipinski definition) is 0. The van der Waals surface area contributed by atoms with Crippen molar-refractivity contribution >= 4 is 72.2 Å². The Balaban J connectivity index is 1.67. The lowest BCUT2D eigenvalue weighted by Gasteiger charge is -2.40. The molecule has 1 aliphatic rings. The van der Waals surface area contributed by atoms with E-state index in [1.54, 1.807) is 0 Å². The van der Waals surface area contributed by atoms with Gasteiger partial charge in [0, 0.05) is 14.5 Å². The molecule has 1 aliphatic heterocycles. The number of hydrogen-bond acceptors (Lipinski definition) is 2. The highest BCUT2D eigenvalue weighted by molar-refractivity contribution is 9.11. The summed E-state index contributed by atoms with van der Waals surface area (Å²) in [6.07, 6.45) is 0. The molecule has 6 aromatic carbocycles. The first-order chi connectivity index (χ1) is 25.2. The van der Waals surface area contributed by atoms with Crippen LogP contribution in [-0.2, 0) is 0 Å². The van der Waals surface area contributed by atoms with Crippen LogP contribution in [0.3, 0.4) is 0 Å². The van der Waals surface area contributed by atoms with Crippen LogP contribution < -0.4 is 5.46 Å². The van der Waals surface area contributed by atoms with E-state index in [-0.39, 0.29) is 6.85 Å². The summed E-state index contributed by atoms with van der Waals surface area (Å²) in [5.41, 5.74) is 15.7. The van der Waals surface area contributed by atoms with Crippen LogP contribution in [-0.4, -0.2) is 11.8 Å². The van der Waals surface area contributed by atoms with Crippen LogP contribution >= 0.6 is 31.9 Å². The molecule has 256 valence electrons. The van der Waals surface area contributed by atoms with Crippen molar-refractivity contribution in [3.8, 4) is 0 Å². The zero-order valence-corrected chi connectivity index (χ0v) is 33.3. The second kappa shape index (κ2) is 15.5. The standard InChI is InChI=1S/C46H40BBr2N3/c1-30(2)38-28-39(48)45(40(49)29-38)50-51-52-46(37-24-16-9-17-25-37)42(35-20-12-7-13-21-35)41(34-18-10-6-11-19-34)44(36-22-14-8-15-23-36)47(52)43-32(4)26-31(3)27-33(43)5/h6-30H,1-5H3. The van der Waals surface area contributed by atoms with Crippen molar-refractivity contribution < 1.29 is 0 Å². The van der Waals surface area contributed by atoms with E-state index in [0.717, 1.165) is 48.2 Å². The predicted molar refractivity (Wildman–Crippen MR) is 228 cm³/mol. The lowest BCUT2D eigenvalue weighted by Crippen LogP contribution is -2.50. The van der Waals surface area contributed by atoms with Gasteiger partial charge in [-0.25, -0.2) is 0 Å². The molecule has 0 atom stereocenters. The van der Waals surface area contributed by atoms with Crippen molar-refractivity contribution in [2.75, 3.05) is 0 Å². The minimum atomic E-state index is -0.322. The van der Waals surface area contributed by atoms with Crippen molar-refractivity contribution in [1.82, 2.24) is 4.92 Å². The van der Waals surface area contributed by atoms with Gasteiger partial charge in [-0.3, -0.25) is 4.92 Å². The maximum Gasteiger partial charge on any atom is 0.353 e. The van der Waals surface area contributed by atoms with Crippen LogP contribution in [0.15, 0.2) is 165 Å². The highest BCUT2D eigenvalue weighted by Crippen LogP contribution is 2.49. The van der Waals surface area contributed by atoms with E-state index >= 15 is 0 Å². The van der Waals surface area contributed by atoms with E-state index in [2.05, 4.69) is 217 Å². The minimum absolute atomic E-state index is 0.322. The van der Waals surface area contributed by atoms with Crippen molar-refractivity contribution in [3.63, 3.8) is 0 Å². The van der Waals surface area contributed by atoms with Gasteiger partial charge in [0.25, 0.3) is 0 Å².